The minimum absolute atomic E-state index is 0.261. The first-order chi connectivity index (χ1) is 12.4. The van der Waals surface area contributed by atoms with Gasteiger partial charge in [0.15, 0.2) is 5.11 Å². The maximum absolute atomic E-state index is 12.1. The molecule has 2 rings (SSSR count). The van der Waals surface area contributed by atoms with E-state index in [1.165, 1.54) is 14.2 Å². The molecule has 0 aliphatic rings. The van der Waals surface area contributed by atoms with Gasteiger partial charge in [0.05, 0.1) is 32.0 Å². The van der Waals surface area contributed by atoms with Crippen molar-refractivity contribution < 1.29 is 19.1 Å². The van der Waals surface area contributed by atoms with E-state index in [4.69, 9.17) is 21.7 Å². The number of aryl methyl sites for hydroxylation is 1. The van der Waals surface area contributed by atoms with E-state index < -0.39 is 11.9 Å². The molecule has 2 heterocycles. The van der Waals surface area contributed by atoms with Crippen LogP contribution in [0.2, 0.25) is 0 Å². The number of thiophene rings is 1. The first kappa shape index (κ1) is 19.9. The molecular weight excluding hydrogens is 376 g/mol. The second-order valence-electron chi connectivity index (χ2n) is 5.21. The number of nitrogens with one attached hydrogen (secondary N) is 2. The summed E-state index contributed by atoms with van der Waals surface area (Å²) in [5.41, 5.74) is 1.58. The van der Waals surface area contributed by atoms with E-state index in [2.05, 4.69) is 15.7 Å². The van der Waals surface area contributed by atoms with Crippen LogP contribution in [0, 0.1) is 6.92 Å². The lowest BCUT2D eigenvalue weighted by molar-refractivity contribution is 0.0601. The zero-order valence-electron chi connectivity index (χ0n) is 14.9. The first-order valence-corrected chi connectivity index (χ1v) is 9.00. The van der Waals surface area contributed by atoms with Gasteiger partial charge in [0.2, 0.25) is 0 Å². The Morgan fingerprint density at radius 2 is 2.00 bits per heavy atom. The Balaban J connectivity index is 2.14. The number of aromatic nitrogens is 2. The molecule has 2 aromatic heterocycles. The maximum Gasteiger partial charge on any atom is 0.348 e. The average Bonchev–Trinajstić information content (AvgIpc) is 3.23. The van der Waals surface area contributed by atoms with Crippen LogP contribution < -0.4 is 10.6 Å². The molecule has 0 saturated carbocycles. The molecule has 0 aliphatic carbocycles. The number of thiocarbonyl (C=S) groups is 1. The summed E-state index contributed by atoms with van der Waals surface area (Å²) < 4.78 is 11.4. The molecule has 26 heavy (non-hydrogen) atoms. The smallest absolute Gasteiger partial charge is 0.348 e. The van der Waals surface area contributed by atoms with Crippen LogP contribution in [0.5, 0.6) is 0 Å². The lowest BCUT2D eigenvalue weighted by atomic mass is 10.1. The molecule has 0 radical (unpaired) electrons. The summed E-state index contributed by atoms with van der Waals surface area (Å²) in [4.78, 5) is 24.3. The van der Waals surface area contributed by atoms with E-state index >= 15 is 0 Å². The zero-order valence-corrected chi connectivity index (χ0v) is 16.5. The first-order valence-electron chi connectivity index (χ1n) is 7.78. The largest absolute Gasteiger partial charge is 0.465 e. The van der Waals surface area contributed by atoms with Crippen LogP contribution in [0.15, 0.2) is 12.3 Å². The van der Waals surface area contributed by atoms with Gasteiger partial charge in [-0.05, 0) is 37.7 Å². The number of esters is 2. The number of anilines is 1. The van der Waals surface area contributed by atoms with Gasteiger partial charge in [0.25, 0.3) is 0 Å². The van der Waals surface area contributed by atoms with Gasteiger partial charge in [0, 0.05) is 12.7 Å². The molecule has 140 valence electrons. The van der Waals surface area contributed by atoms with E-state index in [0.29, 0.717) is 27.1 Å². The van der Waals surface area contributed by atoms with Gasteiger partial charge in [-0.2, -0.15) is 5.10 Å². The molecule has 0 spiro atoms. The summed E-state index contributed by atoms with van der Waals surface area (Å²) in [5, 5.41) is 11.1. The average molecular weight is 396 g/mol. The molecule has 0 aliphatic heterocycles. The number of nitrogens with zero attached hydrogens (tertiary/aromatic N) is 2. The summed E-state index contributed by atoms with van der Waals surface area (Å²) in [6.07, 6.45) is 1.88. The molecule has 0 saturated heterocycles. The van der Waals surface area contributed by atoms with Gasteiger partial charge in [-0.15, -0.1) is 11.3 Å². The predicted molar refractivity (Wildman–Crippen MR) is 103 cm³/mol. The second-order valence-corrected chi connectivity index (χ2v) is 6.64. The molecule has 0 bridgehead atoms. The molecule has 8 nitrogen and oxygen atoms in total. The highest BCUT2D eigenvalue weighted by Gasteiger charge is 2.26. The Labute approximate surface area is 160 Å². The Morgan fingerprint density at radius 3 is 2.58 bits per heavy atom. The van der Waals surface area contributed by atoms with Crippen molar-refractivity contribution >= 4 is 45.6 Å². The Hall–Kier alpha value is -2.46. The summed E-state index contributed by atoms with van der Waals surface area (Å²) in [6, 6.07) is 1.89. The van der Waals surface area contributed by atoms with Crippen molar-refractivity contribution in [2.24, 2.45) is 0 Å². The molecule has 10 heteroatoms. The van der Waals surface area contributed by atoms with Crippen LogP contribution in [0.1, 0.15) is 38.2 Å². The summed E-state index contributed by atoms with van der Waals surface area (Å²) in [6.45, 7) is 4.88. The fourth-order valence-electron chi connectivity index (χ4n) is 2.23. The van der Waals surface area contributed by atoms with Crippen molar-refractivity contribution in [1.82, 2.24) is 15.1 Å². The number of carbonyl (C=O) groups is 2. The molecule has 0 aromatic carbocycles. The van der Waals surface area contributed by atoms with E-state index in [9.17, 15) is 9.59 Å². The monoisotopic (exact) mass is 396 g/mol. The van der Waals surface area contributed by atoms with Gasteiger partial charge in [-0.25, -0.2) is 9.59 Å². The molecule has 2 aromatic rings. The molecular formula is C16H20N4O4S2. The number of carbonyl (C=O) groups excluding carboxylic acids is 2. The van der Waals surface area contributed by atoms with Gasteiger partial charge >= 0.3 is 11.9 Å². The van der Waals surface area contributed by atoms with E-state index in [-0.39, 0.29) is 5.56 Å². The summed E-state index contributed by atoms with van der Waals surface area (Å²) >= 11 is 6.37. The van der Waals surface area contributed by atoms with Crippen molar-refractivity contribution in [2.45, 2.75) is 26.9 Å². The molecule has 0 unspecified atom stereocenters. The fourth-order valence-corrected chi connectivity index (χ4v) is 3.59. The number of ether oxygens (including phenoxy) is 2. The topological polar surface area (TPSA) is 94.5 Å². The number of hydrogen-bond donors (Lipinski definition) is 2. The lowest BCUT2D eigenvalue weighted by Crippen LogP contribution is -2.28. The highest BCUT2D eigenvalue weighted by atomic mass is 32.1. The van der Waals surface area contributed by atoms with Crippen molar-refractivity contribution in [2.75, 3.05) is 19.5 Å². The predicted octanol–water partition coefficient (Wildman–Crippen LogP) is 2.33. The quantitative estimate of drug-likeness (QED) is 0.568. The molecule has 0 fully saturated rings. The van der Waals surface area contributed by atoms with Gasteiger partial charge in [0.1, 0.15) is 9.88 Å². The van der Waals surface area contributed by atoms with Gasteiger partial charge in [-0.1, -0.05) is 0 Å². The highest BCUT2D eigenvalue weighted by molar-refractivity contribution is 7.80. The van der Waals surface area contributed by atoms with Crippen LogP contribution in [0.25, 0.3) is 0 Å². The highest BCUT2D eigenvalue weighted by Crippen LogP contribution is 2.34. The fraction of sp³-hybridized carbons (Fsp3) is 0.375. The zero-order chi connectivity index (χ0) is 19.3. The van der Waals surface area contributed by atoms with Crippen LogP contribution in [-0.4, -0.2) is 41.1 Å². The lowest BCUT2D eigenvalue weighted by Gasteiger charge is -2.09. The third-order valence-corrected chi connectivity index (χ3v) is 5.02. The molecule has 2 N–H and O–H groups in total. The van der Waals surface area contributed by atoms with E-state index in [0.717, 1.165) is 23.6 Å². The van der Waals surface area contributed by atoms with Gasteiger partial charge < -0.3 is 20.1 Å². The second kappa shape index (κ2) is 8.77. The standard InChI is InChI=1S/C16H20N4O4S2/c1-5-20-7-6-10(19-20)8-17-16(25)18-13-11(14(21)23-3)9(2)12(26-13)15(22)24-4/h6-7H,5,8H2,1-4H3,(H2,17,18,25). The molecule has 0 amide bonds. The number of rotatable bonds is 6. The van der Waals surface area contributed by atoms with Crippen molar-refractivity contribution in [1.29, 1.82) is 0 Å². The van der Waals surface area contributed by atoms with E-state index in [1.54, 1.807) is 6.92 Å². The minimum atomic E-state index is -0.555. The Kier molecular flexibility index (Phi) is 6.70. The van der Waals surface area contributed by atoms with E-state index in [1.807, 2.05) is 23.9 Å². The van der Waals surface area contributed by atoms with Crippen LogP contribution >= 0.6 is 23.6 Å². The Morgan fingerprint density at radius 1 is 1.31 bits per heavy atom. The minimum Gasteiger partial charge on any atom is -0.465 e. The maximum atomic E-state index is 12.1. The normalized spacial score (nSPS) is 10.3. The van der Waals surface area contributed by atoms with Gasteiger partial charge in [-0.3, -0.25) is 4.68 Å². The van der Waals surface area contributed by atoms with Crippen molar-refractivity contribution in [3.8, 4) is 0 Å². The van der Waals surface area contributed by atoms with Crippen LogP contribution in [-0.2, 0) is 22.6 Å². The third-order valence-electron chi connectivity index (χ3n) is 3.58. The summed E-state index contributed by atoms with van der Waals surface area (Å²) in [5.74, 6) is -1.07. The number of hydrogen-bond acceptors (Lipinski definition) is 7. The van der Waals surface area contributed by atoms with Crippen LogP contribution in [0.4, 0.5) is 5.00 Å². The number of methoxy groups -OCH3 is 2. The molecule has 0 atom stereocenters. The van der Waals surface area contributed by atoms with Crippen LogP contribution in [0.3, 0.4) is 0 Å². The summed E-state index contributed by atoms with van der Waals surface area (Å²) in [7, 11) is 2.57. The SMILES string of the molecule is CCn1ccc(CNC(=S)Nc2sc(C(=O)OC)c(C)c2C(=O)OC)n1. The van der Waals surface area contributed by atoms with Crippen molar-refractivity contribution in [3.05, 3.63) is 34.0 Å². The van der Waals surface area contributed by atoms with Crippen molar-refractivity contribution in [3.63, 3.8) is 0 Å². The Bertz CT molecular complexity index is 828. The third kappa shape index (κ3) is 4.38.